The van der Waals surface area contributed by atoms with Crippen LogP contribution >= 0.6 is 0 Å². The number of hydrogen-bond donors (Lipinski definition) is 5. The largest absolute Gasteiger partial charge is 0.363 e. The van der Waals surface area contributed by atoms with E-state index in [1.54, 1.807) is 19.1 Å². The van der Waals surface area contributed by atoms with E-state index in [0.29, 0.717) is 63.6 Å². The zero-order valence-corrected chi connectivity index (χ0v) is 34.8. The highest BCUT2D eigenvalue weighted by atomic mass is 16.2. The summed E-state index contributed by atoms with van der Waals surface area (Å²) in [5, 5.41) is 5.65. The second-order valence-electron chi connectivity index (χ2n) is 15.9. The summed E-state index contributed by atoms with van der Waals surface area (Å²) in [6.45, 7) is 9.79. The molecule has 57 heavy (non-hydrogen) atoms. The van der Waals surface area contributed by atoms with Crippen LogP contribution in [0.15, 0.2) is 48.5 Å². The van der Waals surface area contributed by atoms with E-state index < -0.39 is 59.1 Å². The van der Waals surface area contributed by atoms with E-state index in [1.165, 1.54) is 12.5 Å². The Kier molecular flexibility index (Phi) is 21.9. The molecule has 0 fully saturated rings. The molecule has 5 atom stereocenters. The molecule has 0 bridgehead atoms. The highest BCUT2D eigenvalue weighted by Crippen LogP contribution is 2.24. The summed E-state index contributed by atoms with van der Waals surface area (Å²) < 4.78 is 0. The second kappa shape index (κ2) is 25.7. The number of carbonyl (C=O) groups excluding carboxylic acids is 7. The first-order valence-electron chi connectivity index (χ1n) is 20.7. The second-order valence-corrected chi connectivity index (χ2v) is 15.9. The summed E-state index contributed by atoms with van der Waals surface area (Å²) in [5.74, 6) is -6.33. The van der Waals surface area contributed by atoms with E-state index >= 15 is 0 Å². The van der Waals surface area contributed by atoms with Gasteiger partial charge in [0.2, 0.25) is 17.6 Å². The number of amides is 3. The van der Waals surface area contributed by atoms with Crippen LogP contribution < -0.4 is 27.8 Å². The highest BCUT2D eigenvalue weighted by Gasteiger charge is 2.32. The van der Waals surface area contributed by atoms with Gasteiger partial charge in [0.05, 0.1) is 12.1 Å². The van der Waals surface area contributed by atoms with E-state index in [1.807, 2.05) is 26.0 Å². The molecule has 12 heteroatoms. The van der Waals surface area contributed by atoms with Crippen molar-refractivity contribution >= 4 is 40.9 Å². The van der Waals surface area contributed by atoms with E-state index in [9.17, 15) is 33.6 Å². The van der Waals surface area contributed by atoms with E-state index in [0.717, 1.165) is 30.4 Å². The van der Waals surface area contributed by atoms with Crippen molar-refractivity contribution in [2.75, 3.05) is 13.1 Å². The number of nitrogens with two attached hydrogens (primary N) is 3. The number of Topliss-reactive ketones (excluding diaryl/α,β-unsaturated/α-hetero) is 4. The van der Waals surface area contributed by atoms with Crippen LogP contribution in [0.25, 0.3) is 11.1 Å². The summed E-state index contributed by atoms with van der Waals surface area (Å²) in [5.41, 5.74) is 20.4. The molecule has 0 aliphatic heterocycles. The summed E-state index contributed by atoms with van der Waals surface area (Å²) in [6, 6.07) is 14.0. The average Bonchev–Trinajstić information content (AvgIpc) is 3.18. The maximum absolute atomic E-state index is 13.9. The van der Waals surface area contributed by atoms with Crippen molar-refractivity contribution in [2.24, 2.45) is 40.9 Å². The topological polar surface area (TPSA) is 222 Å². The Bertz CT molecular complexity index is 1620. The molecule has 0 radical (unpaired) electrons. The number of carbonyl (C=O) groups is 7. The number of rotatable bonds is 29. The standard InChI is InChI=1S/C45H67N5O7/c1-6-7-12-32-15-17-33(18-16-32)34-19-21-35(22-20-34)39(51)28-36(13-8-10-23-46)45(57)49-37(14-9-11-24-47)40(52)27-31(5)44(56)50-38(25-29(2)3)41(53)26-30(4)42(54)43(48)55/h15-22,29-31,36-38H,6-14,23-28,46-47H2,1-5H3,(H2,48,55)(H,49,57)(H,50,56)/t30-,31-,36-,37+,38+/m1/s1. The maximum Gasteiger partial charge on any atom is 0.285 e. The Hall–Kier alpha value is -4.55. The molecule has 2 aromatic rings. The van der Waals surface area contributed by atoms with Crippen molar-refractivity contribution in [3.8, 4) is 11.1 Å². The third-order valence-electron chi connectivity index (χ3n) is 10.3. The summed E-state index contributed by atoms with van der Waals surface area (Å²) in [4.78, 5) is 91.0. The predicted octanol–water partition coefficient (Wildman–Crippen LogP) is 5.40. The van der Waals surface area contributed by atoms with Crippen molar-refractivity contribution < 1.29 is 33.6 Å². The summed E-state index contributed by atoms with van der Waals surface area (Å²) >= 11 is 0. The third kappa shape index (κ3) is 17.2. The Morgan fingerprint density at radius 1 is 0.614 bits per heavy atom. The number of aryl methyl sites for hydroxylation is 1. The van der Waals surface area contributed by atoms with Gasteiger partial charge < -0.3 is 27.8 Å². The molecule has 3 amide bonds. The normalized spacial score (nSPS) is 13.9. The molecule has 0 saturated carbocycles. The van der Waals surface area contributed by atoms with Crippen LogP contribution in [0.2, 0.25) is 0 Å². The van der Waals surface area contributed by atoms with Crippen molar-refractivity contribution in [3.63, 3.8) is 0 Å². The van der Waals surface area contributed by atoms with Crippen LogP contribution in [0.3, 0.4) is 0 Å². The lowest BCUT2D eigenvalue weighted by Gasteiger charge is -2.25. The van der Waals surface area contributed by atoms with Crippen molar-refractivity contribution in [1.82, 2.24) is 10.6 Å². The number of hydrogen-bond acceptors (Lipinski definition) is 9. The van der Waals surface area contributed by atoms with Gasteiger partial charge in [-0.2, -0.15) is 0 Å². The van der Waals surface area contributed by atoms with Crippen LogP contribution in [0.4, 0.5) is 0 Å². The molecule has 8 N–H and O–H groups in total. The Labute approximate surface area is 339 Å². The van der Waals surface area contributed by atoms with Crippen LogP contribution in [-0.4, -0.2) is 66.0 Å². The molecule has 0 aliphatic carbocycles. The van der Waals surface area contributed by atoms with Gasteiger partial charge in [-0.05, 0) is 87.1 Å². The van der Waals surface area contributed by atoms with Crippen LogP contribution in [-0.2, 0) is 35.2 Å². The van der Waals surface area contributed by atoms with Crippen molar-refractivity contribution in [3.05, 3.63) is 59.7 Å². The van der Waals surface area contributed by atoms with Gasteiger partial charge in [0.15, 0.2) is 17.3 Å². The molecule has 0 unspecified atom stereocenters. The molecular formula is C45H67N5O7. The zero-order valence-electron chi connectivity index (χ0n) is 34.8. The Balaban J connectivity index is 2.17. The van der Waals surface area contributed by atoms with Crippen LogP contribution in [0, 0.1) is 23.7 Å². The maximum atomic E-state index is 13.9. The summed E-state index contributed by atoms with van der Waals surface area (Å²) in [7, 11) is 0. The quantitative estimate of drug-likeness (QED) is 0.0404. The van der Waals surface area contributed by atoms with Crippen LogP contribution in [0.5, 0.6) is 0 Å². The zero-order chi connectivity index (χ0) is 42.5. The van der Waals surface area contributed by atoms with Gasteiger partial charge in [-0.1, -0.05) is 96.0 Å². The average molecular weight is 790 g/mol. The van der Waals surface area contributed by atoms with Gasteiger partial charge in [-0.3, -0.25) is 33.6 Å². The Morgan fingerprint density at radius 2 is 1.14 bits per heavy atom. The molecule has 0 aliphatic rings. The monoisotopic (exact) mass is 790 g/mol. The Morgan fingerprint density at radius 3 is 1.68 bits per heavy atom. The molecule has 0 spiro atoms. The first-order chi connectivity index (χ1) is 27.1. The van der Waals surface area contributed by atoms with Gasteiger partial charge in [0.25, 0.3) is 5.91 Å². The van der Waals surface area contributed by atoms with Crippen molar-refractivity contribution in [2.45, 2.75) is 130 Å². The third-order valence-corrected chi connectivity index (χ3v) is 10.3. The first kappa shape index (κ1) is 48.6. The highest BCUT2D eigenvalue weighted by molar-refractivity contribution is 6.36. The molecule has 2 rings (SSSR count). The van der Waals surface area contributed by atoms with Gasteiger partial charge in [0, 0.05) is 42.6 Å². The number of unbranched alkanes of at least 4 members (excludes halogenated alkanes) is 3. The first-order valence-corrected chi connectivity index (χ1v) is 20.7. The van der Waals surface area contributed by atoms with E-state index in [-0.39, 0.29) is 36.7 Å². The van der Waals surface area contributed by atoms with Gasteiger partial charge in [-0.15, -0.1) is 0 Å². The molecule has 314 valence electrons. The molecular weight excluding hydrogens is 723 g/mol. The molecule has 0 saturated heterocycles. The lowest BCUT2D eigenvalue weighted by atomic mass is 9.90. The fraction of sp³-hybridized carbons (Fsp3) is 0.578. The fourth-order valence-corrected chi connectivity index (χ4v) is 6.76. The molecule has 0 heterocycles. The van der Waals surface area contributed by atoms with Crippen LogP contribution in [0.1, 0.15) is 128 Å². The number of nitrogens with one attached hydrogen (secondary N) is 2. The number of benzene rings is 2. The minimum Gasteiger partial charge on any atom is -0.363 e. The van der Waals surface area contributed by atoms with Gasteiger partial charge in [0.1, 0.15) is 0 Å². The van der Waals surface area contributed by atoms with E-state index in [2.05, 4.69) is 41.8 Å². The SMILES string of the molecule is CCCCc1ccc(-c2ccc(C(=O)C[C@@H](CCCCN)C(=O)N[C@@H](CCCCN)C(=O)C[C@@H](C)C(=O)N[C@@H](CC(C)C)C(=O)C[C@@H](C)C(=O)C(N)=O)cc2)cc1. The lowest BCUT2D eigenvalue weighted by molar-refractivity contribution is -0.139. The molecule has 0 aromatic heterocycles. The van der Waals surface area contributed by atoms with Gasteiger partial charge in [-0.25, -0.2) is 0 Å². The number of ketones is 4. The van der Waals surface area contributed by atoms with E-state index in [4.69, 9.17) is 17.2 Å². The minimum atomic E-state index is -1.13. The fourth-order valence-electron chi connectivity index (χ4n) is 6.76. The smallest absolute Gasteiger partial charge is 0.285 e. The van der Waals surface area contributed by atoms with Crippen molar-refractivity contribution in [1.29, 1.82) is 0 Å². The molecule has 12 nitrogen and oxygen atoms in total. The predicted molar refractivity (Wildman–Crippen MR) is 224 cm³/mol. The van der Waals surface area contributed by atoms with Gasteiger partial charge >= 0.3 is 0 Å². The summed E-state index contributed by atoms with van der Waals surface area (Å²) in [6.07, 6.45) is 6.31. The molecule has 2 aromatic carbocycles. The minimum absolute atomic E-state index is 0.0162. The lowest BCUT2D eigenvalue weighted by Crippen LogP contribution is -2.47. The number of primary amides is 1.